The standard InChI is InChI=1S/C30H26NS/c1-4-12-23(13-5-1)31-29-19-11-10-18-27(29)28-22-26(20-21-30(28)31)32(24-14-6-2-7-15-24)25-16-8-3-9-17-25/h2-4,6-8,10-16,18-22H,1,5,9,17H2/q+1. The predicted molar refractivity (Wildman–Crippen MR) is 139 cm³/mol. The molecular weight excluding hydrogens is 406 g/mol. The first-order chi connectivity index (χ1) is 15.9. The predicted octanol–water partition coefficient (Wildman–Crippen LogP) is 8.26. The molecule has 0 bridgehead atoms. The Balaban J connectivity index is 1.58. The largest absolute Gasteiger partial charge is 0.310 e. The van der Waals surface area contributed by atoms with Crippen molar-refractivity contribution < 1.29 is 0 Å². The summed E-state index contributed by atoms with van der Waals surface area (Å²) in [6.07, 6.45) is 18.3. The van der Waals surface area contributed by atoms with Gasteiger partial charge in [0.1, 0.15) is 4.91 Å². The highest BCUT2D eigenvalue weighted by atomic mass is 32.2. The summed E-state index contributed by atoms with van der Waals surface area (Å²) in [5.41, 5.74) is 3.87. The highest BCUT2D eigenvalue weighted by Crippen LogP contribution is 2.39. The third-order valence-corrected chi connectivity index (χ3v) is 8.66. The van der Waals surface area contributed by atoms with Gasteiger partial charge in [-0.3, -0.25) is 0 Å². The van der Waals surface area contributed by atoms with E-state index in [-0.39, 0.29) is 10.9 Å². The monoisotopic (exact) mass is 432 g/mol. The van der Waals surface area contributed by atoms with Crippen LogP contribution in [0.3, 0.4) is 0 Å². The van der Waals surface area contributed by atoms with E-state index in [4.69, 9.17) is 0 Å². The summed E-state index contributed by atoms with van der Waals surface area (Å²) in [5, 5.41) is 2.68. The van der Waals surface area contributed by atoms with Crippen LogP contribution in [-0.4, -0.2) is 4.57 Å². The molecule has 1 aromatic heterocycles. The normalized spacial score (nSPS) is 16.9. The Bertz CT molecular complexity index is 1420. The van der Waals surface area contributed by atoms with Crippen molar-refractivity contribution in [3.63, 3.8) is 0 Å². The van der Waals surface area contributed by atoms with Crippen LogP contribution in [0.25, 0.3) is 27.5 Å². The lowest BCUT2D eigenvalue weighted by molar-refractivity contribution is 1.01. The molecule has 1 atom stereocenters. The molecule has 0 N–H and O–H groups in total. The molecule has 1 unspecified atom stereocenters. The fourth-order valence-corrected chi connectivity index (χ4v) is 7.15. The van der Waals surface area contributed by atoms with Gasteiger partial charge in [-0.15, -0.1) is 0 Å². The first kappa shape index (κ1) is 19.5. The molecule has 0 radical (unpaired) electrons. The Kier molecular flexibility index (Phi) is 5.09. The molecule has 2 aliphatic rings. The van der Waals surface area contributed by atoms with Crippen molar-refractivity contribution in [3.8, 4) is 0 Å². The van der Waals surface area contributed by atoms with Crippen LogP contribution in [0, 0.1) is 0 Å². The average Bonchev–Trinajstić information content (AvgIpc) is 3.20. The molecule has 0 amide bonds. The molecule has 1 heterocycles. The van der Waals surface area contributed by atoms with Crippen LogP contribution in [0.5, 0.6) is 0 Å². The van der Waals surface area contributed by atoms with Gasteiger partial charge in [0.2, 0.25) is 0 Å². The van der Waals surface area contributed by atoms with Crippen LogP contribution >= 0.6 is 0 Å². The highest BCUT2D eigenvalue weighted by molar-refractivity contribution is 8.00. The maximum atomic E-state index is 2.45. The number of aromatic nitrogens is 1. The fraction of sp³-hybridized carbons (Fsp3) is 0.133. The van der Waals surface area contributed by atoms with Gasteiger partial charge in [-0.1, -0.05) is 60.7 Å². The number of para-hydroxylation sites is 1. The Morgan fingerprint density at radius 3 is 2.34 bits per heavy atom. The second-order valence-corrected chi connectivity index (χ2v) is 10.4. The van der Waals surface area contributed by atoms with Crippen molar-refractivity contribution in [2.24, 2.45) is 0 Å². The number of benzene rings is 3. The molecule has 3 aromatic carbocycles. The lowest BCUT2D eigenvalue weighted by Gasteiger charge is -2.14. The number of nitrogens with zero attached hydrogens (tertiary/aromatic N) is 1. The highest BCUT2D eigenvalue weighted by Gasteiger charge is 2.31. The quantitative estimate of drug-likeness (QED) is 0.286. The lowest BCUT2D eigenvalue weighted by Crippen LogP contribution is -2.08. The third kappa shape index (κ3) is 3.36. The summed E-state index contributed by atoms with van der Waals surface area (Å²) in [4.78, 5) is 4.33. The SMILES string of the molecule is C1=CCCC([S+](c2ccccc2)c2ccc3c(c2)c2ccccc2n3C2=CCCC=C2)=C1. The molecule has 0 saturated heterocycles. The van der Waals surface area contributed by atoms with Gasteiger partial charge in [-0.2, -0.15) is 0 Å². The molecule has 0 aliphatic heterocycles. The first-order valence-electron chi connectivity index (χ1n) is 11.5. The molecule has 0 fully saturated rings. The lowest BCUT2D eigenvalue weighted by atomic mass is 10.1. The number of fused-ring (bicyclic) bond motifs is 3. The molecular formula is C30H26NS+. The smallest absolute Gasteiger partial charge is 0.167 e. The summed E-state index contributed by atoms with van der Waals surface area (Å²) < 4.78 is 2.44. The maximum absolute atomic E-state index is 2.45. The van der Waals surface area contributed by atoms with Crippen molar-refractivity contribution in [2.75, 3.05) is 0 Å². The van der Waals surface area contributed by atoms with E-state index in [0.29, 0.717) is 0 Å². The second kappa shape index (κ2) is 8.37. The minimum Gasteiger partial charge on any atom is -0.310 e. The first-order valence-corrected chi connectivity index (χ1v) is 12.7. The van der Waals surface area contributed by atoms with Gasteiger partial charge in [0.05, 0.1) is 21.9 Å². The van der Waals surface area contributed by atoms with Gasteiger partial charge in [0.25, 0.3) is 0 Å². The van der Waals surface area contributed by atoms with E-state index in [2.05, 4.69) is 114 Å². The molecule has 32 heavy (non-hydrogen) atoms. The van der Waals surface area contributed by atoms with E-state index in [1.165, 1.54) is 42.2 Å². The molecule has 156 valence electrons. The molecule has 4 aromatic rings. The Morgan fingerprint density at radius 2 is 1.53 bits per heavy atom. The van der Waals surface area contributed by atoms with Gasteiger partial charge >= 0.3 is 0 Å². The van der Waals surface area contributed by atoms with E-state index in [9.17, 15) is 0 Å². The second-order valence-electron chi connectivity index (χ2n) is 8.36. The van der Waals surface area contributed by atoms with Crippen molar-refractivity contribution in [3.05, 3.63) is 114 Å². The summed E-state index contributed by atoms with van der Waals surface area (Å²) in [6, 6.07) is 27.0. The minimum absolute atomic E-state index is 0.0601. The van der Waals surface area contributed by atoms with Gasteiger partial charge in [0, 0.05) is 29.0 Å². The van der Waals surface area contributed by atoms with Gasteiger partial charge in [-0.25, -0.2) is 0 Å². The number of allylic oxidation sites excluding steroid dienone is 8. The number of hydrogen-bond acceptors (Lipinski definition) is 0. The van der Waals surface area contributed by atoms with Gasteiger partial charge in [-0.05, 0) is 61.7 Å². The molecule has 0 saturated carbocycles. The third-order valence-electron chi connectivity index (χ3n) is 6.33. The van der Waals surface area contributed by atoms with E-state index in [1.807, 2.05) is 0 Å². The van der Waals surface area contributed by atoms with Crippen LogP contribution in [0.1, 0.15) is 25.7 Å². The van der Waals surface area contributed by atoms with Crippen LogP contribution in [0.4, 0.5) is 0 Å². The van der Waals surface area contributed by atoms with Gasteiger partial charge in [0.15, 0.2) is 9.79 Å². The summed E-state index contributed by atoms with van der Waals surface area (Å²) >= 11 is 0. The molecule has 2 heteroatoms. The Labute approximate surface area is 192 Å². The van der Waals surface area contributed by atoms with Crippen molar-refractivity contribution in [1.82, 2.24) is 4.57 Å². The topological polar surface area (TPSA) is 4.93 Å². The van der Waals surface area contributed by atoms with Crippen LogP contribution in [0.2, 0.25) is 0 Å². The van der Waals surface area contributed by atoms with Gasteiger partial charge < -0.3 is 4.57 Å². The number of rotatable bonds is 4. The molecule has 6 rings (SSSR count). The van der Waals surface area contributed by atoms with Crippen molar-refractivity contribution in [1.29, 1.82) is 0 Å². The van der Waals surface area contributed by atoms with Crippen LogP contribution in [-0.2, 0) is 10.9 Å². The van der Waals surface area contributed by atoms with E-state index in [1.54, 1.807) is 0 Å². The zero-order chi connectivity index (χ0) is 21.3. The van der Waals surface area contributed by atoms with E-state index < -0.39 is 0 Å². The zero-order valence-corrected chi connectivity index (χ0v) is 18.9. The summed E-state index contributed by atoms with van der Waals surface area (Å²) in [7, 11) is -0.0601. The van der Waals surface area contributed by atoms with E-state index >= 15 is 0 Å². The van der Waals surface area contributed by atoms with Crippen LogP contribution < -0.4 is 0 Å². The van der Waals surface area contributed by atoms with Crippen molar-refractivity contribution >= 4 is 38.4 Å². The Morgan fingerprint density at radius 1 is 0.688 bits per heavy atom. The average molecular weight is 433 g/mol. The number of hydrogen-bond donors (Lipinski definition) is 0. The molecule has 0 spiro atoms. The molecule has 2 aliphatic carbocycles. The van der Waals surface area contributed by atoms with Crippen molar-refractivity contribution in [2.45, 2.75) is 35.5 Å². The summed E-state index contributed by atoms with van der Waals surface area (Å²) in [6.45, 7) is 0. The molecule has 1 nitrogen and oxygen atoms in total. The summed E-state index contributed by atoms with van der Waals surface area (Å²) in [5.74, 6) is 0. The maximum Gasteiger partial charge on any atom is 0.167 e. The minimum atomic E-state index is -0.0601. The van der Waals surface area contributed by atoms with Crippen LogP contribution in [0.15, 0.2) is 124 Å². The van der Waals surface area contributed by atoms with E-state index in [0.717, 1.165) is 25.7 Å². The Hall–Kier alpha value is -3.23. The fourth-order valence-electron chi connectivity index (χ4n) is 4.87. The zero-order valence-electron chi connectivity index (χ0n) is 18.1.